The first kappa shape index (κ1) is 20.7. The SMILES string of the molecule is CCOC(=O)N1CCN(C(=O)[C@@H](N)Cc2ccc(C#N)cc2)CC1.Cl. The summed E-state index contributed by atoms with van der Waals surface area (Å²) < 4.78 is 4.96. The third kappa shape index (κ3) is 5.62. The number of rotatable bonds is 4. The van der Waals surface area contributed by atoms with Crippen LogP contribution in [0, 0.1) is 11.3 Å². The molecule has 0 aromatic heterocycles. The van der Waals surface area contributed by atoms with Crippen LogP contribution in [0.2, 0.25) is 0 Å². The summed E-state index contributed by atoms with van der Waals surface area (Å²) in [7, 11) is 0. The van der Waals surface area contributed by atoms with Gasteiger partial charge in [-0.2, -0.15) is 5.26 Å². The minimum atomic E-state index is -0.632. The fraction of sp³-hybridized carbons (Fsp3) is 0.471. The predicted molar refractivity (Wildman–Crippen MR) is 95.3 cm³/mol. The van der Waals surface area contributed by atoms with Crippen molar-refractivity contribution < 1.29 is 14.3 Å². The van der Waals surface area contributed by atoms with Crippen LogP contribution >= 0.6 is 12.4 Å². The minimum Gasteiger partial charge on any atom is -0.450 e. The number of nitriles is 1. The molecule has 1 atom stereocenters. The molecule has 0 radical (unpaired) electrons. The van der Waals surface area contributed by atoms with Crippen molar-refractivity contribution in [3.05, 3.63) is 35.4 Å². The average Bonchev–Trinajstić information content (AvgIpc) is 2.62. The summed E-state index contributed by atoms with van der Waals surface area (Å²) >= 11 is 0. The van der Waals surface area contributed by atoms with E-state index in [1.165, 1.54) is 0 Å². The number of carbonyl (C=O) groups is 2. The molecule has 1 aliphatic rings. The van der Waals surface area contributed by atoms with Crippen LogP contribution in [-0.4, -0.2) is 60.6 Å². The van der Waals surface area contributed by atoms with E-state index in [0.29, 0.717) is 44.8 Å². The van der Waals surface area contributed by atoms with E-state index in [0.717, 1.165) is 5.56 Å². The van der Waals surface area contributed by atoms with Gasteiger partial charge in [0.15, 0.2) is 0 Å². The van der Waals surface area contributed by atoms with Crippen LogP contribution in [0.1, 0.15) is 18.1 Å². The molecule has 7 nitrogen and oxygen atoms in total. The van der Waals surface area contributed by atoms with Crippen molar-refractivity contribution in [3.63, 3.8) is 0 Å². The zero-order chi connectivity index (χ0) is 17.5. The van der Waals surface area contributed by atoms with Gasteiger partial charge in [-0.25, -0.2) is 4.79 Å². The third-order valence-electron chi connectivity index (χ3n) is 3.97. The van der Waals surface area contributed by atoms with Gasteiger partial charge in [0.25, 0.3) is 0 Å². The molecule has 25 heavy (non-hydrogen) atoms. The molecule has 1 aromatic rings. The highest BCUT2D eigenvalue weighted by atomic mass is 35.5. The fourth-order valence-corrected chi connectivity index (χ4v) is 2.62. The van der Waals surface area contributed by atoms with E-state index >= 15 is 0 Å². The number of benzene rings is 1. The van der Waals surface area contributed by atoms with Gasteiger partial charge in [-0.05, 0) is 31.0 Å². The van der Waals surface area contributed by atoms with Crippen LogP contribution in [0.3, 0.4) is 0 Å². The van der Waals surface area contributed by atoms with Gasteiger partial charge >= 0.3 is 6.09 Å². The van der Waals surface area contributed by atoms with Crippen LogP contribution in [0.4, 0.5) is 4.79 Å². The van der Waals surface area contributed by atoms with Crippen molar-refractivity contribution in [1.82, 2.24) is 9.80 Å². The highest BCUT2D eigenvalue weighted by Crippen LogP contribution is 2.09. The maximum atomic E-state index is 12.4. The van der Waals surface area contributed by atoms with E-state index in [-0.39, 0.29) is 24.4 Å². The second-order valence-corrected chi connectivity index (χ2v) is 5.63. The van der Waals surface area contributed by atoms with Crippen molar-refractivity contribution in [2.24, 2.45) is 5.73 Å². The molecular formula is C17H23ClN4O3. The highest BCUT2D eigenvalue weighted by molar-refractivity contribution is 5.85. The first-order valence-corrected chi connectivity index (χ1v) is 8.00. The van der Waals surface area contributed by atoms with Crippen molar-refractivity contribution in [1.29, 1.82) is 5.26 Å². The first-order chi connectivity index (χ1) is 11.5. The number of hydrogen-bond donors (Lipinski definition) is 1. The lowest BCUT2D eigenvalue weighted by Crippen LogP contribution is -2.54. The topological polar surface area (TPSA) is 99.7 Å². The molecule has 2 N–H and O–H groups in total. The van der Waals surface area contributed by atoms with Crippen molar-refractivity contribution >= 4 is 24.4 Å². The lowest BCUT2D eigenvalue weighted by atomic mass is 10.0. The quantitative estimate of drug-likeness (QED) is 0.861. The molecule has 2 amide bonds. The second-order valence-electron chi connectivity index (χ2n) is 5.63. The minimum absolute atomic E-state index is 0. The number of amides is 2. The molecule has 1 fully saturated rings. The number of piperazine rings is 1. The molecule has 1 heterocycles. The molecule has 136 valence electrons. The Morgan fingerprint density at radius 3 is 2.28 bits per heavy atom. The Balaban J connectivity index is 0.00000312. The van der Waals surface area contributed by atoms with Gasteiger partial charge in [-0.3, -0.25) is 4.79 Å². The summed E-state index contributed by atoms with van der Waals surface area (Å²) in [4.78, 5) is 27.4. The highest BCUT2D eigenvalue weighted by Gasteiger charge is 2.27. The first-order valence-electron chi connectivity index (χ1n) is 8.00. The molecule has 2 rings (SSSR count). The molecule has 0 unspecified atom stereocenters. The molecule has 0 spiro atoms. The van der Waals surface area contributed by atoms with Gasteiger partial charge < -0.3 is 20.3 Å². The lowest BCUT2D eigenvalue weighted by molar-refractivity contribution is -0.134. The molecule has 1 saturated heterocycles. The number of nitrogens with zero attached hydrogens (tertiary/aromatic N) is 3. The van der Waals surface area contributed by atoms with E-state index in [4.69, 9.17) is 15.7 Å². The average molecular weight is 367 g/mol. The van der Waals surface area contributed by atoms with Crippen molar-refractivity contribution in [3.8, 4) is 6.07 Å². The van der Waals surface area contributed by atoms with Crippen LogP contribution in [0.15, 0.2) is 24.3 Å². The van der Waals surface area contributed by atoms with Crippen LogP contribution in [0.5, 0.6) is 0 Å². The van der Waals surface area contributed by atoms with Gasteiger partial charge in [0.1, 0.15) is 0 Å². The standard InChI is InChI=1S/C17H22N4O3.ClH/c1-2-24-17(23)21-9-7-20(8-10-21)16(22)15(19)11-13-3-5-14(12-18)6-4-13;/h3-6,15H,2,7-11,19H2,1H3;1H/t15-;/m0./s1. The van der Waals surface area contributed by atoms with Gasteiger partial charge in [0, 0.05) is 26.2 Å². The van der Waals surface area contributed by atoms with Crippen LogP contribution < -0.4 is 5.73 Å². The summed E-state index contributed by atoms with van der Waals surface area (Å²) in [6.07, 6.45) is 0.0781. The van der Waals surface area contributed by atoms with Gasteiger partial charge in [-0.1, -0.05) is 12.1 Å². The van der Waals surface area contributed by atoms with E-state index in [9.17, 15) is 9.59 Å². The van der Waals surface area contributed by atoms with Crippen molar-refractivity contribution in [2.75, 3.05) is 32.8 Å². The largest absolute Gasteiger partial charge is 0.450 e. The number of ether oxygens (including phenoxy) is 1. The zero-order valence-corrected chi connectivity index (χ0v) is 15.0. The molecule has 0 saturated carbocycles. The smallest absolute Gasteiger partial charge is 0.409 e. The Morgan fingerprint density at radius 1 is 1.20 bits per heavy atom. The van der Waals surface area contributed by atoms with E-state index < -0.39 is 6.04 Å². The normalized spacial score (nSPS) is 14.9. The second kappa shape index (κ2) is 9.87. The van der Waals surface area contributed by atoms with E-state index in [1.54, 1.807) is 28.9 Å². The summed E-state index contributed by atoms with van der Waals surface area (Å²) in [6.45, 7) is 3.92. The van der Waals surface area contributed by atoms with Crippen LogP contribution in [0.25, 0.3) is 0 Å². The molecular weight excluding hydrogens is 344 g/mol. The molecule has 0 bridgehead atoms. The Kier molecular flexibility index (Phi) is 8.19. The number of carbonyl (C=O) groups excluding carboxylic acids is 2. The maximum absolute atomic E-state index is 12.4. The number of nitrogens with two attached hydrogens (primary N) is 1. The van der Waals surface area contributed by atoms with Gasteiger partial charge in [0.2, 0.25) is 5.91 Å². The summed E-state index contributed by atoms with van der Waals surface area (Å²) in [6, 6.07) is 8.47. The van der Waals surface area contributed by atoms with Crippen molar-refractivity contribution in [2.45, 2.75) is 19.4 Å². The van der Waals surface area contributed by atoms with E-state index in [1.807, 2.05) is 12.1 Å². The summed E-state index contributed by atoms with van der Waals surface area (Å²) in [5.74, 6) is -0.122. The van der Waals surface area contributed by atoms with Crippen LogP contribution in [-0.2, 0) is 16.0 Å². The molecule has 8 heteroatoms. The summed E-state index contributed by atoms with van der Waals surface area (Å²) in [5.41, 5.74) is 7.53. The predicted octanol–water partition coefficient (Wildman–Crippen LogP) is 1.15. The molecule has 0 aliphatic carbocycles. The Morgan fingerprint density at radius 2 is 1.76 bits per heavy atom. The number of halogens is 1. The Hall–Kier alpha value is -2.30. The lowest BCUT2D eigenvalue weighted by Gasteiger charge is -2.35. The molecule has 1 aliphatic heterocycles. The number of hydrogen-bond acceptors (Lipinski definition) is 5. The zero-order valence-electron chi connectivity index (χ0n) is 14.2. The van der Waals surface area contributed by atoms with Gasteiger partial charge in [-0.15, -0.1) is 12.4 Å². The van der Waals surface area contributed by atoms with E-state index in [2.05, 4.69) is 6.07 Å². The van der Waals surface area contributed by atoms with Gasteiger partial charge in [0.05, 0.1) is 24.3 Å². The third-order valence-corrected chi connectivity index (χ3v) is 3.97. The Labute approximate surface area is 153 Å². The Bertz CT molecular complexity index is 622. The fourth-order valence-electron chi connectivity index (χ4n) is 2.62. The monoisotopic (exact) mass is 366 g/mol. The summed E-state index contributed by atoms with van der Waals surface area (Å²) in [5, 5.41) is 8.79. The maximum Gasteiger partial charge on any atom is 0.409 e. The molecule has 1 aromatic carbocycles.